The number of allylic oxidation sites excluding steroid dienone is 2. The summed E-state index contributed by atoms with van der Waals surface area (Å²) in [5, 5.41) is 0. The summed E-state index contributed by atoms with van der Waals surface area (Å²) >= 11 is 0. The first-order chi connectivity index (χ1) is 4.85. The van der Waals surface area contributed by atoms with Gasteiger partial charge in [-0.25, -0.2) is 0 Å². The van der Waals surface area contributed by atoms with E-state index in [9.17, 15) is 0 Å². The van der Waals surface area contributed by atoms with Gasteiger partial charge in [-0.2, -0.15) is 0 Å². The van der Waals surface area contributed by atoms with Gasteiger partial charge in [-0.3, -0.25) is 4.99 Å². The molecule has 60 valence electrons. The van der Waals surface area contributed by atoms with Gasteiger partial charge in [-0.1, -0.05) is 26.8 Å². The molecule has 0 aromatic rings. The van der Waals surface area contributed by atoms with Crippen molar-refractivity contribution >= 4 is 6.21 Å². The first kappa shape index (κ1) is 12.1. The van der Waals surface area contributed by atoms with E-state index in [0.29, 0.717) is 0 Å². The van der Waals surface area contributed by atoms with Gasteiger partial charge in [-0.15, -0.1) is 0 Å². The molecular formula is C9H19N. The molecular weight excluding hydrogens is 122 g/mol. The van der Waals surface area contributed by atoms with Gasteiger partial charge in [0.25, 0.3) is 0 Å². The summed E-state index contributed by atoms with van der Waals surface area (Å²) in [6.45, 7) is 8.15. The molecule has 0 unspecified atom stereocenters. The average molecular weight is 141 g/mol. The molecule has 0 aliphatic carbocycles. The molecule has 0 aliphatic rings. The fourth-order valence-electron chi connectivity index (χ4n) is 0.536. The fourth-order valence-corrected chi connectivity index (χ4v) is 0.536. The van der Waals surface area contributed by atoms with Crippen LogP contribution in [-0.2, 0) is 0 Å². The Balaban J connectivity index is 0. The van der Waals surface area contributed by atoms with E-state index in [1.807, 2.05) is 27.0 Å². The monoisotopic (exact) mass is 141 g/mol. The minimum Gasteiger partial charge on any atom is -0.296 e. The first-order valence-electron chi connectivity index (χ1n) is 3.92. The highest BCUT2D eigenvalue weighted by molar-refractivity contribution is 5.77. The summed E-state index contributed by atoms with van der Waals surface area (Å²) in [5.74, 6) is 0. The maximum Gasteiger partial charge on any atom is 0.0277 e. The molecule has 0 atom stereocenters. The predicted octanol–water partition coefficient (Wildman–Crippen LogP) is 3.07. The second-order valence-corrected chi connectivity index (χ2v) is 1.60. The van der Waals surface area contributed by atoms with Crippen LogP contribution >= 0.6 is 0 Å². The number of aliphatic imine (C=N–C) groups is 1. The van der Waals surface area contributed by atoms with Gasteiger partial charge in [0.15, 0.2) is 0 Å². The van der Waals surface area contributed by atoms with Crippen LogP contribution in [0.3, 0.4) is 0 Å². The molecule has 1 heteroatoms. The standard InChI is InChI=1S/C7H13N.C2H6/c1-4-7(5-2)6-8-3;1-2/h4,6H,5H2,1-3H3;1-2H3/b7-4-,8-6?;. The molecule has 10 heavy (non-hydrogen) atoms. The van der Waals surface area contributed by atoms with Crippen molar-refractivity contribution in [2.45, 2.75) is 34.1 Å². The minimum atomic E-state index is 1.08. The van der Waals surface area contributed by atoms with Crippen molar-refractivity contribution in [1.29, 1.82) is 0 Å². The molecule has 0 N–H and O–H groups in total. The van der Waals surface area contributed by atoms with Crippen molar-refractivity contribution in [1.82, 2.24) is 0 Å². The van der Waals surface area contributed by atoms with Crippen LogP contribution in [0.2, 0.25) is 0 Å². The molecule has 0 spiro atoms. The van der Waals surface area contributed by atoms with Gasteiger partial charge in [0.1, 0.15) is 0 Å². The van der Waals surface area contributed by atoms with Gasteiger partial charge in [0.2, 0.25) is 0 Å². The smallest absolute Gasteiger partial charge is 0.0277 e. The predicted molar refractivity (Wildman–Crippen MR) is 49.8 cm³/mol. The molecule has 1 nitrogen and oxygen atoms in total. The molecule has 0 radical (unpaired) electrons. The largest absolute Gasteiger partial charge is 0.296 e. The van der Waals surface area contributed by atoms with E-state index in [2.05, 4.69) is 18.0 Å². The topological polar surface area (TPSA) is 12.4 Å². The zero-order chi connectivity index (χ0) is 8.41. The van der Waals surface area contributed by atoms with Crippen LogP contribution in [0.15, 0.2) is 16.6 Å². The van der Waals surface area contributed by atoms with Gasteiger partial charge in [0, 0.05) is 13.3 Å². The first-order valence-corrected chi connectivity index (χ1v) is 3.92. The van der Waals surface area contributed by atoms with E-state index in [0.717, 1.165) is 6.42 Å². The van der Waals surface area contributed by atoms with Crippen molar-refractivity contribution in [3.8, 4) is 0 Å². The Bertz CT molecular complexity index is 98.5. The highest BCUT2D eigenvalue weighted by Gasteiger charge is 1.80. The molecule has 0 saturated carbocycles. The van der Waals surface area contributed by atoms with E-state index in [1.165, 1.54) is 5.57 Å². The van der Waals surface area contributed by atoms with Crippen molar-refractivity contribution in [2.24, 2.45) is 4.99 Å². The van der Waals surface area contributed by atoms with Crippen molar-refractivity contribution in [2.75, 3.05) is 7.05 Å². The summed E-state index contributed by atoms with van der Waals surface area (Å²) in [4.78, 5) is 3.88. The van der Waals surface area contributed by atoms with E-state index in [-0.39, 0.29) is 0 Å². The lowest BCUT2D eigenvalue weighted by Crippen LogP contribution is -1.79. The van der Waals surface area contributed by atoms with Crippen LogP contribution in [0.1, 0.15) is 34.1 Å². The molecule has 0 aromatic heterocycles. The van der Waals surface area contributed by atoms with Crippen molar-refractivity contribution < 1.29 is 0 Å². The Kier molecular flexibility index (Phi) is 13.6. The Morgan fingerprint density at radius 2 is 1.90 bits per heavy atom. The van der Waals surface area contributed by atoms with Crippen LogP contribution in [0.4, 0.5) is 0 Å². The molecule has 0 bridgehead atoms. The Morgan fingerprint density at radius 1 is 1.40 bits per heavy atom. The zero-order valence-electron chi connectivity index (χ0n) is 7.81. The second kappa shape index (κ2) is 11.2. The van der Waals surface area contributed by atoms with Crippen LogP contribution in [0.25, 0.3) is 0 Å². The molecule has 0 heterocycles. The van der Waals surface area contributed by atoms with E-state index in [4.69, 9.17) is 0 Å². The summed E-state index contributed by atoms with van der Waals surface area (Å²) < 4.78 is 0. The Morgan fingerprint density at radius 3 is 2.00 bits per heavy atom. The molecule has 0 fully saturated rings. The molecule has 0 aromatic carbocycles. The summed E-state index contributed by atoms with van der Waals surface area (Å²) in [6, 6.07) is 0. The lowest BCUT2D eigenvalue weighted by atomic mass is 10.2. The summed E-state index contributed by atoms with van der Waals surface area (Å²) in [5.41, 5.74) is 1.30. The molecule has 0 aliphatic heterocycles. The van der Waals surface area contributed by atoms with Gasteiger partial charge in [0.05, 0.1) is 0 Å². The van der Waals surface area contributed by atoms with Crippen molar-refractivity contribution in [3.63, 3.8) is 0 Å². The maximum absolute atomic E-state index is 3.88. The maximum atomic E-state index is 3.88. The number of hydrogen-bond donors (Lipinski definition) is 0. The lowest BCUT2D eigenvalue weighted by Gasteiger charge is -1.89. The lowest BCUT2D eigenvalue weighted by molar-refractivity contribution is 1.17. The highest BCUT2D eigenvalue weighted by Crippen LogP contribution is 1.93. The third kappa shape index (κ3) is 7.41. The third-order valence-corrected chi connectivity index (χ3v) is 1.07. The van der Waals surface area contributed by atoms with Gasteiger partial charge >= 0.3 is 0 Å². The number of hydrogen-bond acceptors (Lipinski definition) is 1. The van der Waals surface area contributed by atoms with Crippen LogP contribution in [0, 0.1) is 0 Å². The number of rotatable bonds is 2. The minimum absolute atomic E-state index is 1.08. The number of nitrogens with zero attached hydrogens (tertiary/aromatic N) is 1. The molecule has 0 rings (SSSR count). The van der Waals surface area contributed by atoms with Crippen LogP contribution in [0.5, 0.6) is 0 Å². The van der Waals surface area contributed by atoms with Gasteiger partial charge in [-0.05, 0) is 18.9 Å². The average Bonchev–Trinajstić information content (AvgIpc) is 2.04. The second-order valence-electron chi connectivity index (χ2n) is 1.60. The molecule has 0 saturated heterocycles. The van der Waals surface area contributed by atoms with Crippen LogP contribution < -0.4 is 0 Å². The third-order valence-electron chi connectivity index (χ3n) is 1.07. The fraction of sp³-hybridized carbons (Fsp3) is 0.667. The van der Waals surface area contributed by atoms with Gasteiger partial charge < -0.3 is 0 Å². The summed E-state index contributed by atoms with van der Waals surface area (Å²) in [6.07, 6.45) is 5.04. The SMILES string of the molecule is C/C=C(\C=NC)CC.CC. The highest BCUT2D eigenvalue weighted by atomic mass is 14.6. The molecule has 0 amide bonds. The Labute approximate surface area is 64.9 Å². The van der Waals surface area contributed by atoms with E-state index in [1.54, 1.807) is 7.05 Å². The quantitative estimate of drug-likeness (QED) is 0.524. The normalized spacial score (nSPS) is 11.1. The van der Waals surface area contributed by atoms with Crippen molar-refractivity contribution in [3.05, 3.63) is 11.6 Å². The van der Waals surface area contributed by atoms with Crippen LogP contribution in [-0.4, -0.2) is 13.3 Å². The zero-order valence-corrected chi connectivity index (χ0v) is 7.81. The van der Waals surface area contributed by atoms with E-state index < -0.39 is 0 Å². The summed E-state index contributed by atoms with van der Waals surface area (Å²) in [7, 11) is 1.79. The van der Waals surface area contributed by atoms with E-state index >= 15 is 0 Å². The Hall–Kier alpha value is -0.590.